The van der Waals surface area contributed by atoms with Gasteiger partial charge >= 0.3 is 0 Å². The van der Waals surface area contributed by atoms with Crippen molar-refractivity contribution >= 4 is 44.0 Å². The number of benzene rings is 2. The SMILES string of the molecule is CS(=O)(=O)CCNCc1ccc(-c2nc3nccc(Nc4ccc(OCc5cccc(F)c5)c(Cl)c4)c3[nH]2)o1. The Kier molecular flexibility index (Phi) is 7.82. The summed E-state index contributed by atoms with van der Waals surface area (Å²) in [6.07, 6.45) is 2.85. The molecule has 12 heteroatoms. The van der Waals surface area contributed by atoms with Crippen LogP contribution < -0.4 is 15.4 Å². The van der Waals surface area contributed by atoms with Gasteiger partial charge in [0.25, 0.3) is 0 Å². The fourth-order valence-corrected chi connectivity index (χ4v) is 4.59. The number of nitrogens with one attached hydrogen (secondary N) is 3. The molecule has 3 N–H and O–H groups in total. The molecular weight excluding hydrogens is 545 g/mol. The maximum atomic E-state index is 13.4. The van der Waals surface area contributed by atoms with Gasteiger partial charge in [0.15, 0.2) is 17.2 Å². The summed E-state index contributed by atoms with van der Waals surface area (Å²) < 4.78 is 47.6. The van der Waals surface area contributed by atoms with Gasteiger partial charge in [0, 0.05) is 24.7 Å². The van der Waals surface area contributed by atoms with E-state index >= 15 is 0 Å². The summed E-state index contributed by atoms with van der Waals surface area (Å²) in [5.41, 5.74) is 3.34. The first-order chi connectivity index (χ1) is 18.7. The summed E-state index contributed by atoms with van der Waals surface area (Å²) in [5.74, 6) is 1.91. The van der Waals surface area contributed by atoms with Crippen LogP contribution in [0.1, 0.15) is 11.3 Å². The number of nitrogens with zero attached hydrogens (tertiary/aromatic N) is 2. The number of halogens is 2. The molecular formula is C27H25ClFN5O4S. The number of sulfone groups is 1. The van der Waals surface area contributed by atoms with Crippen LogP contribution in [0.2, 0.25) is 5.02 Å². The van der Waals surface area contributed by atoms with Gasteiger partial charge in [-0.25, -0.2) is 22.8 Å². The van der Waals surface area contributed by atoms with Crippen molar-refractivity contribution in [2.45, 2.75) is 13.2 Å². The fourth-order valence-electron chi connectivity index (χ4n) is 3.84. The molecule has 0 amide bonds. The number of imidazole rings is 1. The lowest BCUT2D eigenvalue weighted by atomic mass is 10.2. The van der Waals surface area contributed by atoms with Crippen molar-refractivity contribution in [3.63, 3.8) is 0 Å². The van der Waals surface area contributed by atoms with E-state index in [-0.39, 0.29) is 18.2 Å². The Morgan fingerprint density at radius 1 is 1.13 bits per heavy atom. The van der Waals surface area contributed by atoms with Gasteiger partial charge in [0.1, 0.15) is 39.3 Å². The Hall–Kier alpha value is -3.93. The smallest absolute Gasteiger partial charge is 0.180 e. The number of ether oxygens (including phenoxy) is 1. The summed E-state index contributed by atoms with van der Waals surface area (Å²) in [7, 11) is -3.02. The minimum Gasteiger partial charge on any atom is -0.487 e. The van der Waals surface area contributed by atoms with Gasteiger partial charge in [-0.1, -0.05) is 23.7 Å². The number of anilines is 2. The van der Waals surface area contributed by atoms with E-state index in [0.717, 1.165) is 11.4 Å². The highest BCUT2D eigenvalue weighted by Crippen LogP contribution is 2.32. The molecule has 9 nitrogen and oxygen atoms in total. The zero-order valence-corrected chi connectivity index (χ0v) is 22.4. The molecule has 0 aliphatic heterocycles. The second-order valence-corrected chi connectivity index (χ2v) is 11.6. The largest absolute Gasteiger partial charge is 0.487 e. The third-order valence-electron chi connectivity index (χ3n) is 5.73. The maximum absolute atomic E-state index is 13.4. The van der Waals surface area contributed by atoms with Crippen LogP contribution in [0.15, 0.2) is 71.3 Å². The van der Waals surface area contributed by atoms with Crippen molar-refractivity contribution in [1.82, 2.24) is 20.3 Å². The monoisotopic (exact) mass is 569 g/mol. The Morgan fingerprint density at radius 3 is 2.79 bits per heavy atom. The van der Waals surface area contributed by atoms with E-state index in [1.54, 1.807) is 36.5 Å². The molecule has 0 unspecified atom stereocenters. The van der Waals surface area contributed by atoms with Gasteiger partial charge in [-0.2, -0.15) is 0 Å². The van der Waals surface area contributed by atoms with E-state index in [4.69, 9.17) is 20.8 Å². The summed E-state index contributed by atoms with van der Waals surface area (Å²) in [5, 5.41) is 6.78. The molecule has 0 spiro atoms. The number of pyridine rings is 1. The minimum atomic E-state index is -3.02. The third kappa shape index (κ3) is 6.94. The predicted octanol–water partition coefficient (Wildman–Crippen LogP) is 5.47. The predicted molar refractivity (Wildman–Crippen MR) is 148 cm³/mol. The molecule has 5 rings (SSSR count). The lowest BCUT2D eigenvalue weighted by Gasteiger charge is -2.11. The lowest BCUT2D eigenvalue weighted by molar-refractivity contribution is 0.306. The van der Waals surface area contributed by atoms with Gasteiger partial charge < -0.3 is 24.8 Å². The summed E-state index contributed by atoms with van der Waals surface area (Å²) >= 11 is 6.45. The third-order valence-corrected chi connectivity index (χ3v) is 6.97. The Labute approximate surface area is 229 Å². The highest BCUT2D eigenvalue weighted by atomic mass is 35.5. The van der Waals surface area contributed by atoms with Crippen molar-refractivity contribution < 1.29 is 22.0 Å². The molecule has 5 aromatic rings. The van der Waals surface area contributed by atoms with Crippen LogP contribution in [-0.2, 0) is 23.0 Å². The molecule has 0 saturated heterocycles. The Bertz CT molecular complexity index is 1720. The first-order valence-electron chi connectivity index (χ1n) is 12.0. The second-order valence-electron chi connectivity index (χ2n) is 8.90. The van der Waals surface area contributed by atoms with Crippen LogP contribution in [0, 0.1) is 5.82 Å². The molecule has 2 aromatic carbocycles. The average Bonchev–Trinajstić information content (AvgIpc) is 3.53. The second kappa shape index (κ2) is 11.4. The number of hydrogen-bond donors (Lipinski definition) is 3. The average molecular weight is 570 g/mol. The van der Waals surface area contributed by atoms with Gasteiger partial charge in [0.05, 0.1) is 23.0 Å². The van der Waals surface area contributed by atoms with Gasteiger partial charge in [0.2, 0.25) is 0 Å². The van der Waals surface area contributed by atoms with E-state index in [1.807, 2.05) is 18.2 Å². The number of aromatic nitrogens is 3. The molecule has 39 heavy (non-hydrogen) atoms. The van der Waals surface area contributed by atoms with Gasteiger partial charge in [-0.15, -0.1) is 0 Å². The molecule has 0 saturated carbocycles. The highest BCUT2D eigenvalue weighted by Gasteiger charge is 2.14. The summed E-state index contributed by atoms with van der Waals surface area (Å²) in [6.45, 7) is 0.920. The fraction of sp³-hybridized carbons (Fsp3) is 0.185. The molecule has 0 aliphatic rings. The van der Waals surface area contributed by atoms with Crippen LogP contribution in [-0.4, -0.2) is 41.9 Å². The van der Waals surface area contributed by atoms with Crippen LogP contribution in [0.5, 0.6) is 5.75 Å². The zero-order chi connectivity index (χ0) is 27.4. The topological polar surface area (TPSA) is 122 Å². The van der Waals surface area contributed by atoms with Gasteiger partial charge in [-0.3, -0.25) is 0 Å². The lowest BCUT2D eigenvalue weighted by Crippen LogP contribution is -2.21. The molecule has 0 atom stereocenters. The van der Waals surface area contributed by atoms with Crippen molar-refractivity contribution in [3.8, 4) is 17.3 Å². The van der Waals surface area contributed by atoms with Crippen LogP contribution in [0.3, 0.4) is 0 Å². The number of furan rings is 1. The number of fused-ring (bicyclic) bond motifs is 1. The minimum absolute atomic E-state index is 0.0570. The Balaban J connectivity index is 1.26. The first kappa shape index (κ1) is 26.7. The molecule has 202 valence electrons. The van der Waals surface area contributed by atoms with E-state index < -0.39 is 9.84 Å². The van der Waals surface area contributed by atoms with Crippen molar-refractivity contribution in [1.29, 1.82) is 0 Å². The van der Waals surface area contributed by atoms with Crippen LogP contribution in [0.25, 0.3) is 22.7 Å². The van der Waals surface area contributed by atoms with E-state index in [2.05, 4.69) is 25.6 Å². The standard InChI is InChI=1S/C27H25ClFN5O4S/c1-39(35,36)12-11-30-15-20-6-8-24(38-20)26-33-25-22(9-10-31-27(25)34-26)32-19-5-7-23(21(28)14-19)37-16-17-3-2-4-18(29)13-17/h2-10,13-14,30H,11-12,15-16H2,1H3,(H2,31,32,33,34). The number of aromatic amines is 1. The van der Waals surface area contributed by atoms with Crippen LogP contribution >= 0.6 is 11.6 Å². The molecule has 3 heterocycles. The van der Waals surface area contributed by atoms with Crippen LogP contribution in [0.4, 0.5) is 15.8 Å². The summed E-state index contributed by atoms with van der Waals surface area (Å²) in [4.78, 5) is 12.1. The van der Waals surface area contributed by atoms with Gasteiger partial charge in [-0.05, 0) is 54.1 Å². The number of hydrogen-bond acceptors (Lipinski definition) is 8. The highest BCUT2D eigenvalue weighted by molar-refractivity contribution is 7.90. The Morgan fingerprint density at radius 2 is 2.00 bits per heavy atom. The number of rotatable bonds is 11. The van der Waals surface area contributed by atoms with Crippen molar-refractivity contribution in [2.75, 3.05) is 23.9 Å². The molecule has 0 aliphatic carbocycles. The molecule has 0 radical (unpaired) electrons. The van der Waals surface area contributed by atoms with E-state index in [9.17, 15) is 12.8 Å². The maximum Gasteiger partial charge on any atom is 0.180 e. The summed E-state index contributed by atoms with van der Waals surface area (Å²) in [6, 6.07) is 16.9. The molecule has 3 aromatic heterocycles. The van der Waals surface area contributed by atoms with Crippen molar-refractivity contribution in [3.05, 3.63) is 89.0 Å². The molecule has 0 bridgehead atoms. The van der Waals surface area contributed by atoms with Crippen molar-refractivity contribution in [2.24, 2.45) is 0 Å². The quantitative estimate of drug-likeness (QED) is 0.179. The normalized spacial score (nSPS) is 11.7. The van der Waals surface area contributed by atoms with E-state index in [0.29, 0.717) is 57.9 Å². The van der Waals surface area contributed by atoms with E-state index in [1.165, 1.54) is 18.4 Å². The first-order valence-corrected chi connectivity index (χ1v) is 14.4. The zero-order valence-electron chi connectivity index (χ0n) is 20.9. The molecule has 0 fully saturated rings. The number of H-pyrrole nitrogens is 1.